The maximum atomic E-state index is 11.1. The van der Waals surface area contributed by atoms with Crippen LogP contribution >= 0.6 is 11.6 Å². The van der Waals surface area contributed by atoms with Crippen LogP contribution in [-0.2, 0) is 9.53 Å². The third-order valence-corrected chi connectivity index (χ3v) is 3.09. The summed E-state index contributed by atoms with van der Waals surface area (Å²) < 4.78 is 10.3. The zero-order valence-electron chi connectivity index (χ0n) is 11.9. The Morgan fingerprint density at radius 2 is 2.00 bits per heavy atom. The molecular weight excluding hydrogens is 296 g/mol. The molecule has 0 amide bonds. The molecule has 0 saturated heterocycles. The highest BCUT2D eigenvalue weighted by molar-refractivity contribution is 6.33. The number of unbranched alkanes of at least 4 members (excludes halogenated alkanes) is 2. The van der Waals surface area contributed by atoms with Crippen LogP contribution in [0.15, 0.2) is 18.2 Å². The van der Waals surface area contributed by atoms with Crippen LogP contribution in [0.3, 0.4) is 0 Å². The molecule has 0 heterocycles. The molecule has 0 spiro atoms. The molecule has 21 heavy (non-hydrogen) atoms. The monoisotopic (exact) mass is 314 g/mol. The van der Waals surface area contributed by atoms with E-state index in [9.17, 15) is 9.59 Å². The van der Waals surface area contributed by atoms with Crippen LogP contribution in [0.4, 0.5) is 0 Å². The molecule has 1 rings (SSSR count). The highest BCUT2D eigenvalue weighted by Gasteiger charge is 2.15. The SMILES string of the molecule is CCOC(=O)CCCCCOc1cccc(Cl)c1C(=O)O. The molecule has 0 atom stereocenters. The number of benzene rings is 1. The summed E-state index contributed by atoms with van der Waals surface area (Å²) >= 11 is 5.84. The second kappa shape index (κ2) is 9.23. The van der Waals surface area contributed by atoms with Gasteiger partial charge in [-0.25, -0.2) is 4.79 Å². The molecule has 0 radical (unpaired) electrons. The molecule has 1 N–H and O–H groups in total. The second-order valence-corrected chi connectivity index (χ2v) is 4.79. The van der Waals surface area contributed by atoms with Crippen molar-refractivity contribution in [2.24, 2.45) is 0 Å². The van der Waals surface area contributed by atoms with Gasteiger partial charge in [0.25, 0.3) is 0 Å². The fourth-order valence-corrected chi connectivity index (χ4v) is 2.04. The van der Waals surface area contributed by atoms with Crippen LogP contribution < -0.4 is 4.74 Å². The number of rotatable bonds is 9. The first-order valence-electron chi connectivity index (χ1n) is 6.86. The van der Waals surface area contributed by atoms with Crippen molar-refractivity contribution in [2.75, 3.05) is 13.2 Å². The maximum absolute atomic E-state index is 11.1. The normalized spacial score (nSPS) is 10.2. The lowest BCUT2D eigenvalue weighted by molar-refractivity contribution is -0.143. The fraction of sp³-hybridized carbons (Fsp3) is 0.467. The summed E-state index contributed by atoms with van der Waals surface area (Å²) in [5, 5.41) is 9.24. The third kappa shape index (κ3) is 6.04. The molecule has 0 saturated carbocycles. The second-order valence-electron chi connectivity index (χ2n) is 4.38. The number of aromatic carboxylic acids is 1. The van der Waals surface area contributed by atoms with Crippen molar-refractivity contribution in [3.05, 3.63) is 28.8 Å². The Kier molecular flexibility index (Phi) is 7.61. The lowest BCUT2D eigenvalue weighted by atomic mass is 10.2. The first-order chi connectivity index (χ1) is 10.1. The van der Waals surface area contributed by atoms with E-state index in [1.807, 2.05) is 0 Å². The average molecular weight is 315 g/mol. The van der Waals surface area contributed by atoms with Gasteiger partial charge >= 0.3 is 11.9 Å². The predicted octanol–water partition coefficient (Wildman–Crippen LogP) is 3.54. The smallest absolute Gasteiger partial charge is 0.341 e. The lowest BCUT2D eigenvalue weighted by Crippen LogP contribution is -2.06. The number of carbonyl (C=O) groups is 2. The van der Waals surface area contributed by atoms with Gasteiger partial charge in [0.15, 0.2) is 0 Å². The predicted molar refractivity (Wildman–Crippen MR) is 79.0 cm³/mol. The first-order valence-corrected chi connectivity index (χ1v) is 7.24. The van der Waals surface area contributed by atoms with E-state index < -0.39 is 5.97 Å². The Morgan fingerprint density at radius 3 is 2.67 bits per heavy atom. The number of carboxylic acids is 1. The average Bonchev–Trinajstić information content (AvgIpc) is 2.42. The van der Waals surface area contributed by atoms with Crippen molar-refractivity contribution in [2.45, 2.75) is 32.6 Å². The van der Waals surface area contributed by atoms with Crippen molar-refractivity contribution < 1.29 is 24.2 Å². The van der Waals surface area contributed by atoms with Gasteiger partial charge < -0.3 is 14.6 Å². The number of ether oxygens (including phenoxy) is 2. The van der Waals surface area contributed by atoms with Crippen molar-refractivity contribution in [1.82, 2.24) is 0 Å². The van der Waals surface area contributed by atoms with E-state index in [2.05, 4.69) is 0 Å². The van der Waals surface area contributed by atoms with Gasteiger partial charge in [-0.3, -0.25) is 4.79 Å². The van der Waals surface area contributed by atoms with Crippen LogP contribution in [-0.4, -0.2) is 30.3 Å². The summed E-state index contributed by atoms with van der Waals surface area (Å²) in [5.74, 6) is -1.04. The zero-order valence-corrected chi connectivity index (χ0v) is 12.7. The zero-order chi connectivity index (χ0) is 15.7. The van der Waals surface area contributed by atoms with Gasteiger partial charge in [-0.05, 0) is 38.3 Å². The van der Waals surface area contributed by atoms with Gasteiger partial charge in [-0.2, -0.15) is 0 Å². The summed E-state index contributed by atoms with van der Waals surface area (Å²) in [6, 6.07) is 4.73. The van der Waals surface area contributed by atoms with Crippen LogP contribution in [0.1, 0.15) is 43.0 Å². The van der Waals surface area contributed by atoms with Gasteiger partial charge in [-0.15, -0.1) is 0 Å². The Hall–Kier alpha value is -1.75. The first kappa shape index (κ1) is 17.3. The van der Waals surface area contributed by atoms with E-state index in [0.29, 0.717) is 19.6 Å². The van der Waals surface area contributed by atoms with Gasteiger partial charge in [0, 0.05) is 6.42 Å². The topological polar surface area (TPSA) is 72.8 Å². The van der Waals surface area contributed by atoms with Crippen LogP contribution in [0.2, 0.25) is 5.02 Å². The van der Waals surface area contributed by atoms with E-state index in [-0.39, 0.29) is 22.3 Å². The molecular formula is C15H19ClO5. The molecule has 0 fully saturated rings. The van der Waals surface area contributed by atoms with E-state index in [1.165, 1.54) is 6.07 Å². The minimum absolute atomic E-state index is 0.0225. The molecule has 0 aliphatic carbocycles. The molecule has 0 aliphatic rings. The Balaban J connectivity index is 2.32. The Morgan fingerprint density at radius 1 is 1.24 bits per heavy atom. The number of carboxylic acid groups (broad SMARTS) is 1. The minimum Gasteiger partial charge on any atom is -0.493 e. The number of esters is 1. The Labute approximate surface area is 128 Å². The van der Waals surface area contributed by atoms with Crippen molar-refractivity contribution in [3.63, 3.8) is 0 Å². The van der Waals surface area contributed by atoms with Gasteiger partial charge in [-0.1, -0.05) is 17.7 Å². The van der Waals surface area contributed by atoms with Crippen LogP contribution in [0.25, 0.3) is 0 Å². The lowest BCUT2D eigenvalue weighted by Gasteiger charge is -2.10. The highest BCUT2D eigenvalue weighted by atomic mass is 35.5. The summed E-state index contributed by atoms with van der Waals surface area (Å²) in [6.07, 6.45) is 2.65. The largest absolute Gasteiger partial charge is 0.493 e. The summed E-state index contributed by atoms with van der Waals surface area (Å²) in [7, 11) is 0. The van der Waals surface area contributed by atoms with Gasteiger partial charge in [0.2, 0.25) is 0 Å². The van der Waals surface area contributed by atoms with E-state index in [4.69, 9.17) is 26.2 Å². The summed E-state index contributed by atoms with van der Waals surface area (Å²) in [5.41, 5.74) is -0.0225. The molecule has 116 valence electrons. The Bertz CT molecular complexity index is 487. The van der Waals surface area contributed by atoms with Crippen LogP contribution in [0, 0.1) is 0 Å². The van der Waals surface area contributed by atoms with Crippen molar-refractivity contribution >= 4 is 23.5 Å². The maximum Gasteiger partial charge on any atom is 0.341 e. The summed E-state index contributed by atoms with van der Waals surface area (Å²) in [4.78, 5) is 22.2. The van der Waals surface area contributed by atoms with E-state index in [0.717, 1.165) is 19.3 Å². The third-order valence-electron chi connectivity index (χ3n) is 2.78. The fourth-order valence-electron chi connectivity index (χ4n) is 1.80. The highest BCUT2D eigenvalue weighted by Crippen LogP contribution is 2.26. The standard InChI is InChI=1S/C15H19ClO5/c1-2-20-13(17)9-4-3-5-10-21-12-8-6-7-11(16)14(12)15(18)19/h6-8H,2-5,9-10H2,1H3,(H,18,19). The number of hydrogen-bond donors (Lipinski definition) is 1. The molecule has 0 aliphatic heterocycles. The van der Waals surface area contributed by atoms with Gasteiger partial charge in [0.1, 0.15) is 11.3 Å². The molecule has 1 aromatic carbocycles. The van der Waals surface area contributed by atoms with Crippen molar-refractivity contribution in [1.29, 1.82) is 0 Å². The van der Waals surface area contributed by atoms with Gasteiger partial charge in [0.05, 0.1) is 18.2 Å². The number of hydrogen-bond acceptors (Lipinski definition) is 4. The number of halogens is 1. The minimum atomic E-state index is -1.11. The van der Waals surface area contributed by atoms with E-state index in [1.54, 1.807) is 19.1 Å². The molecule has 0 bridgehead atoms. The molecule has 1 aromatic rings. The van der Waals surface area contributed by atoms with Crippen molar-refractivity contribution in [3.8, 4) is 5.75 Å². The molecule has 5 nitrogen and oxygen atoms in total. The van der Waals surface area contributed by atoms with E-state index >= 15 is 0 Å². The molecule has 6 heteroatoms. The summed E-state index contributed by atoms with van der Waals surface area (Å²) in [6.45, 7) is 2.55. The quantitative estimate of drug-likeness (QED) is 0.557. The van der Waals surface area contributed by atoms with Crippen LogP contribution in [0.5, 0.6) is 5.75 Å². The molecule has 0 unspecified atom stereocenters. The molecule has 0 aromatic heterocycles. The number of carbonyl (C=O) groups excluding carboxylic acids is 1.